The van der Waals surface area contributed by atoms with Crippen molar-refractivity contribution in [3.05, 3.63) is 41.5 Å². The molecule has 0 bridgehead atoms. The molecule has 2 nitrogen and oxygen atoms in total. The van der Waals surface area contributed by atoms with Gasteiger partial charge in [-0.05, 0) is 11.1 Å². The van der Waals surface area contributed by atoms with E-state index in [1.165, 1.54) is 0 Å². The van der Waals surface area contributed by atoms with Crippen molar-refractivity contribution in [3.8, 4) is 0 Å². The average molecular weight is 210 g/mol. The first kappa shape index (κ1) is 10.8. The van der Waals surface area contributed by atoms with Crippen LogP contribution in [0.1, 0.15) is 17.5 Å². The Morgan fingerprint density at radius 1 is 1.50 bits per heavy atom. The van der Waals surface area contributed by atoms with Crippen LogP contribution in [0.2, 0.25) is 0 Å². The Morgan fingerprint density at radius 3 is 2.93 bits per heavy atom. The van der Waals surface area contributed by atoms with Crippen LogP contribution in [0.3, 0.4) is 0 Å². The number of hydrogen-bond acceptors (Lipinski definition) is 1. The van der Waals surface area contributed by atoms with Crippen molar-refractivity contribution in [1.29, 1.82) is 0 Å². The Bertz CT molecular complexity index is 347. The van der Waals surface area contributed by atoms with Gasteiger partial charge in [0.25, 0.3) is 0 Å². The lowest BCUT2D eigenvalue weighted by Gasteiger charge is -1.96. The Hall–Kier alpha value is -1.28. The first-order chi connectivity index (χ1) is 6.72. The van der Waals surface area contributed by atoms with E-state index in [1.807, 2.05) is 30.3 Å². The fourth-order valence-electron chi connectivity index (χ4n) is 1.09. The van der Waals surface area contributed by atoms with Crippen molar-refractivity contribution >= 4 is 23.6 Å². The van der Waals surface area contributed by atoms with Crippen LogP contribution >= 0.6 is 11.6 Å². The van der Waals surface area contributed by atoms with Crippen LogP contribution in [-0.4, -0.2) is 5.91 Å². The lowest BCUT2D eigenvalue weighted by Crippen LogP contribution is -2.07. The smallest absolute Gasteiger partial charge is 0.221 e. The molecule has 0 heterocycles. The summed E-state index contributed by atoms with van der Waals surface area (Å²) in [5.41, 5.74) is 7.10. The molecule has 0 unspecified atom stereocenters. The second kappa shape index (κ2) is 5.45. The number of nitrogens with two attached hydrogens (primary N) is 1. The number of carbonyl (C=O) groups is 1. The number of alkyl halides is 1. The third-order valence-electron chi connectivity index (χ3n) is 1.73. The largest absolute Gasteiger partial charge is 0.369 e. The van der Waals surface area contributed by atoms with E-state index in [2.05, 4.69) is 0 Å². The summed E-state index contributed by atoms with van der Waals surface area (Å²) in [4.78, 5) is 10.5. The van der Waals surface area contributed by atoms with Crippen LogP contribution in [0.25, 0.3) is 6.08 Å². The summed E-state index contributed by atoms with van der Waals surface area (Å²) in [6, 6.07) is 7.82. The maximum absolute atomic E-state index is 10.5. The van der Waals surface area contributed by atoms with Gasteiger partial charge in [-0.15, -0.1) is 11.6 Å². The van der Waals surface area contributed by atoms with E-state index in [0.29, 0.717) is 5.88 Å². The molecule has 1 rings (SSSR count). The van der Waals surface area contributed by atoms with Crippen LogP contribution in [0.4, 0.5) is 0 Å². The second-order valence-electron chi connectivity index (χ2n) is 2.95. The predicted octanol–water partition coefficient (Wildman–Crippen LogP) is 2.31. The van der Waals surface area contributed by atoms with Crippen molar-refractivity contribution in [2.75, 3.05) is 0 Å². The summed E-state index contributed by atoms with van der Waals surface area (Å²) >= 11 is 5.69. The highest BCUT2D eigenvalue weighted by molar-refractivity contribution is 6.17. The number of hydrogen-bond donors (Lipinski definition) is 1. The number of amides is 1. The summed E-state index contributed by atoms with van der Waals surface area (Å²) in [6.45, 7) is 0. The normalized spacial score (nSPS) is 10.6. The zero-order chi connectivity index (χ0) is 10.4. The maximum Gasteiger partial charge on any atom is 0.221 e. The fraction of sp³-hybridized carbons (Fsp3) is 0.182. The molecule has 0 atom stereocenters. The second-order valence-corrected chi connectivity index (χ2v) is 3.22. The molecule has 0 saturated carbocycles. The Kier molecular flexibility index (Phi) is 4.20. The van der Waals surface area contributed by atoms with Crippen LogP contribution in [0, 0.1) is 0 Å². The average Bonchev–Trinajstić information content (AvgIpc) is 2.18. The van der Waals surface area contributed by atoms with E-state index < -0.39 is 0 Å². The molecule has 0 spiro atoms. The van der Waals surface area contributed by atoms with E-state index in [-0.39, 0.29) is 12.3 Å². The van der Waals surface area contributed by atoms with Gasteiger partial charge in [-0.2, -0.15) is 0 Å². The van der Waals surface area contributed by atoms with Gasteiger partial charge in [-0.1, -0.05) is 36.4 Å². The Balaban J connectivity index is 2.66. The molecule has 0 aliphatic carbocycles. The standard InChI is InChI=1S/C11H12ClNO/c12-8-10-5-1-3-9(7-10)4-2-6-11(13)14/h1-5,7H,6,8H2,(H2,13,14). The first-order valence-corrected chi connectivity index (χ1v) is 4.85. The van der Waals surface area contributed by atoms with Crippen molar-refractivity contribution in [1.82, 2.24) is 0 Å². The molecule has 0 aliphatic heterocycles. The van der Waals surface area contributed by atoms with Crippen LogP contribution in [0.5, 0.6) is 0 Å². The summed E-state index contributed by atoms with van der Waals surface area (Å²) < 4.78 is 0. The maximum atomic E-state index is 10.5. The summed E-state index contributed by atoms with van der Waals surface area (Å²) in [7, 11) is 0. The topological polar surface area (TPSA) is 43.1 Å². The molecule has 0 fully saturated rings. The molecular weight excluding hydrogens is 198 g/mol. The monoisotopic (exact) mass is 209 g/mol. The molecule has 3 heteroatoms. The van der Waals surface area contributed by atoms with Gasteiger partial charge in [0.1, 0.15) is 0 Å². The van der Waals surface area contributed by atoms with Gasteiger partial charge in [0, 0.05) is 12.3 Å². The highest BCUT2D eigenvalue weighted by atomic mass is 35.5. The molecule has 1 aromatic rings. The zero-order valence-corrected chi connectivity index (χ0v) is 8.50. The van der Waals surface area contributed by atoms with Gasteiger partial charge in [0.15, 0.2) is 0 Å². The Morgan fingerprint density at radius 2 is 2.29 bits per heavy atom. The van der Waals surface area contributed by atoms with Gasteiger partial charge < -0.3 is 5.73 Å². The van der Waals surface area contributed by atoms with Crippen molar-refractivity contribution in [3.63, 3.8) is 0 Å². The SMILES string of the molecule is NC(=O)CC=Cc1cccc(CCl)c1. The third kappa shape index (κ3) is 3.62. The van der Waals surface area contributed by atoms with E-state index in [1.54, 1.807) is 6.08 Å². The minimum absolute atomic E-state index is 0.269. The molecule has 0 aliphatic rings. The van der Waals surface area contributed by atoms with E-state index in [9.17, 15) is 4.79 Å². The predicted molar refractivity (Wildman–Crippen MR) is 58.8 cm³/mol. The quantitative estimate of drug-likeness (QED) is 0.760. The summed E-state index contributed by atoms with van der Waals surface area (Å²) in [6.07, 6.45) is 3.88. The number of primary amides is 1. The number of rotatable bonds is 4. The molecule has 0 saturated heterocycles. The third-order valence-corrected chi connectivity index (χ3v) is 2.04. The molecule has 2 N–H and O–H groups in total. The van der Waals surface area contributed by atoms with Crippen LogP contribution in [0.15, 0.2) is 30.3 Å². The minimum Gasteiger partial charge on any atom is -0.369 e. The summed E-state index contributed by atoms with van der Waals surface area (Å²) in [5, 5.41) is 0. The van der Waals surface area contributed by atoms with Crippen molar-refractivity contribution in [2.45, 2.75) is 12.3 Å². The zero-order valence-electron chi connectivity index (χ0n) is 7.74. The van der Waals surface area contributed by atoms with Crippen LogP contribution in [-0.2, 0) is 10.7 Å². The Labute approximate surface area is 88.4 Å². The molecule has 1 amide bonds. The number of carbonyl (C=O) groups excluding carboxylic acids is 1. The highest BCUT2D eigenvalue weighted by Gasteiger charge is 1.91. The molecule has 0 aromatic heterocycles. The molecular formula is C11H12ClNO. The lowest BCUT2D eigenvalue weighted by molar-refractivity contribution is -0.117. The van der Waals surface area contributed by atoms with Gasteiger partial charge in [-0.3, -0.25) is 4.79 Å². The fourth-order valence-corrected chi connectivity index (χ4v) is 1.26. The van der Waals surface area contributed by atoms with Crippen molar-refractivity contribution in [2.24, 2.45) is 5.73 Å². The van der Waals surface area contributed by atoms with Gasteiger partial charge >= 0.3 is 0 Å². The van der Waals surface area contributed by atoms with E-state index in [4.69, 9.17) is 17.3 Å². The number of benzene rings is 1. The molecule has 14 heavy (non-hydrogen) atoms. The van der Waals surface area contributed by atoms with Crippen LogP contribution < -0.4 is 5.73 Å². The lowest BCUT2D eigenvalue weighted by atomic mass is 10.1. The minimum atomic E-state index is -0.324. The summed E-state index contributed by atoms with van der Waals surface area (Å²) in [5.74, 6) is 0.173. The van der Waals surface area contributed by atoms with Crippen molar-refractivity contribution < 1.29 is 4.79 Å². The van der Waals surface area contributed by atoms with Gasteiger partial charge in [0.2, 0.25) is 5.91 Å². The van der Waals surface area contributed by atoms with Gasteiger partial charge in [-0.25, -0.2) is 0 Å². The van der Waals surface area contributed by atoms with E-state index in [0.717, 1.165) is 11.1 Å². The van der Waals surface area contributed by atoms with Gasteiger partial charge in [0.05, 0.1) is 0 Å². The number of halogens is 1. The molecule has 74 valence electrons. The molecule has 0 radical (unpaired) electrons. The highest BCUT2D eigenvalue weighted by Crippen LogP contribution is 2.09. The van der Waals surface area contributed by atoms with E-state index >= 15 is 0 Å². The first-order valence-electron chi connectivity index (χ1n) is 4.32. The molecule has 1 aromatic carbocycles.